The molecule has 3 rings (SSSR count). The van der Waals surface area contributed by atoms with Gasteiger partial charge in [-0.1, -0.05) is 18.2 Å². The lowest BCUT2D eigenvalue weighted by atomic mass is 10.1. The molecule has 1 aliphatic heterocycles. The molecule has 1 unspecified atom stereocenters. The Labute approximate surface area is 137 Å². The van der Waals surface area contributed by atoms with Gasteiger partial charge in [0.25, 0.3) is 5.91 Å². The van der Waals surface area contributed by atoms with Crippen molar-refractivity contribution in [2.75, 3.05) is 11.9 Å². The van der Waals surface area contributed by atoms with E-state index in [9.17, 15) is 9.59 Å². The molecule has 0 radical (unpaired) electrons. The Morgan fingerprint density at radius 3 is 2.75 bits per heavy atom. The van der Waals surface area contributed by atoms with Crippen LogP contribution in [0.15, 0.2) is 47.4 Å². The lowest BCUT2D eigenvalue weighted by Crippen LogP contribution is -2.32. The van der Waals surface area contributed by atoms with Gasteiger partial charge in [0, 0.05) is 24.2 Å². The molecular weight excluding hydrogens is 312 g/mol. The lowest BCUT2D eigenvalue weighted by Gasteiger charge is -2.14. The second kappa shape index (κ2) is 6.91. The van der Waals surface area contributed by atoms with Gasteiger partial charge in [0.1, 0.15) is 12.0 Å². The predicted molar refractivity (Wildman–Crippen MR) is 86.5 cm³/mol. The van der Waals surface area contributed by atoms with Gasteiger partial charge in [0.05, 0.1) is 12.7 Å². The van der Waals surface area contributed by atoms with Gasteiger partial charge in [-0.2, -0.15) is 4.98 Å². The summed E-state index contributed by atoms with van der Waals surface area (Å²) in [5, 5.41) is 11.7. The number of anilines is 1. The van der Waals surface area contributed by atoms with E-state index in [-0.39, 0.29) is 24.4 Å². The zero-order valence-electron chi connectivity index (χ0n) is 12.8. The van der Waals surface area contributed by atoms with Gasteiger partial charge in [-0.05, 0) is 18.2 Å². The SMILES string of the molecule is N[C@@H]1C[C@H](n2ccc(NC(=O)c3ccccc3)nc2=O)OC1CO. The van der Waals surface area contributed by atoms with Crippen molar-refractivity contribution in [3.05, 3.63) is 58.6 Å². The van der Waals surface area contributed by atoms with E-state index in [1.54, 1.807) is 24.3 Å². The molecule has 1 amide bonds. The monoisotopic (exact) mass is 330 g/mol. The number of benzene rings is 1. The highest BCUT2D eigenvalue weighted by molar-refractivity contribution is 6.03. The van der Waals surface area contributed by atoms with Crippen LogP contribution < -0.4 is 16.7 Å². The molecule has 8 nitrogen and oxygen atoms in total. The third-order valence-corrected chi connectivity index (χ3v) is 3.88. The fourth-order valence-corrected chi connectivity index (χ4v) is 2.58. The van der Waals surface area contributed by atoms with Gasteiger partial charge < -0.3 is 20.9 Å². The highest BCUT2D eigenvalue weighted by atomic mass is 16.5. The zero-order chi connectivity index (χ0) is 17.1. The van der Waals surface area contributed by atoms with Crippen LogP contribution in [0, 0.1) is 0 Å². The first-order chi connectivity index (χ1) is 11.6. The average molecular weight is 330 g/mol. The van der Waals surface area contributed by atoms with Crippen LogP contribution in [0.2, 0.25) is 0 Å². The number of ether oxygens (including phenoxy) is 1. The number of aliphatic hydroxyl groups excluding tert-OH is 1. The summed E-state index contributed by atoms with van der Waals surface area (Å²) in [5.41, 5.74) is 5.76. The van der Waals surface area contributed by atoms with E-state index < -0.39 is 18.0 Å². The molecular formula is C16H18N4O4. The number of rotatable bonds is 4. The normalized spacial score (nSPS) is 23.2. The number of aliphatic hydroxyl groups is 1. The van der Waals surface area contributed by atoms with Crippen LogP contribution in [0.1, 0.15) is 23.0 Å². The number of hydrogen-bond donors (Lipinski definition) is 3. The Hall–Kier alpha value is -2.55. The molecule has 24 heavy (non-hydrogen) atoms. The topological polar surface area (TPSA) is 119 Å². The molecule has 2 aromatic rings. The van der Waals surface area contributed by atoms with Crippen LogP contribution in [0.4, 0.5) is 5.82 Å². The van der Waals surface area contributed by atoms with Crippen molar-refractivity contribution in [2.24, 2.45) is 5.73 Å². The highest BCUT2D eigenvalue weighted by Crippen LogP contribution is 2.26. The van der Waals surface area contributed by atoms with Gasteiger partial charge in [-0.15, -0.1) is 0 Å². The number of hydrogen-bond acceptors (Lipinski definition) is 6. The van der Waals surface area contributed by atoms with E-state index in [2.05, 4.69) is 10.3 Å². The summed E-state index contributed by atoms with van der Waals surface area (Å²) in [4.78, 5) is 28.1. The second-order valence-electron chi connectivity index (χ2n) is 5.53. The molecule has 1 fully saturated rings. The molecule has 4 N–H and O–H groups in total. The van der Waals surface area contributed by atoms with E-state index >= 15 is 0 Å². The van der Waals surface area contributed by atoms with E-state index in [0.29, 0.717) is 12.0 Å². The maximum absolute atomic E-state index is 12.2. The summed E-state index contributed by atoms with van der Waals surface area (Å²) in [6, 6.07) is 9.81. The molecule has 0 saturated carbocycles. The Morgan fingerprint density at radius 1 is 1.38 bits per heavy atom. The summed E-state index contributed by atoms with van der Waals surface area (Å²) in [5.74, 6) is -0.189. The second-order valence-corrected chi connectivity index (χ2v) is 5.53. The molecule has 3 atom stereocenters. The maximum atomic E-state index is 12.2. The number of amides is 1. The number of carbonyl (C=O) groups excluding carboxylic acids is 1. The molecule has 1 aliphatic rings. The van der Waals surface area contributed by atoms with Gasteiger partial charge in [0.15, 0.2) is 0 Å². The van der Waals surface area contributed by atoms with Gasteiger partial charge in [0.2, 0.25) is 0 Å². The number of nitrogens with zero attached hydrogens (tertiary/aromatic N) is 2. The average Bonchev–Trinajstić information content (AvgIpc) is 2.96. The molecule has 8 heteroatoms. The predicted octanol–water partition coefficient (Wildman–Crippen LogP) is 0.103. The fraction of sp³-hybridized carbons (Fsp3) is 0.312. The van der Waals surface area contributed by atoms with Crippen molar-refractivity contribution in [2.45, 2.75) is 24.8 Å². The molecule has 0 bridgehead atoms. The number of nitrogens with one attached hydrogen (secondary N) is 1. The van der Waals surface area contributed by atoms with E-state index in [1.165, 1.54) is 16.8 Å². The Morgan fingerprint density at radius 2 is 2.12 bits per heavy atom. The lowest BCUT2D eigenvalue weighted by molar-refractivity contribution is -0.0270. The van der Waals surface area contributed by atoms with E-state index in [4.69, 9.17) is 15.6 Å². The third-order valence-electron chi connectivity index (χ3n) is 3.88. The van der Waals surface area contributed by atoms with Crippen molar-refractivity contribution < 1.29 is 14.6 Å². The molecule has 2 heterocycles. The summed E-state index contributed by atoms with van der Waals surface area (Å²) < 4.78 is 6.84. The maximum Gasteiger partial charge on any atom is 0.351 e. The van der Waals surface area contributed by atoms with E-state index in [0.717, 1.165) is 0 Å². The van der Waals surface area contributed by atoms with Gasteiger partial charge >= 0.3 is 5.69 Å². The molecule has 1 aromatic carbocycles. The van der Waals surface area contributed by atoms with Gasteiger partial charge in [-0.3, -0.25) is 9.36 Å². The van der Waals surface area contributed by atoms with Crippen LogP contribution in [-0.4, -0.2) is 39.3 Å². The first-order valence-electron chi connectivity index (χ1n) is 7.56. The van der Waals surface area contributed by atoms with Crippen LogP contribution in [0.25, 0.3) is 0 Å². The van der Waals surface area contributed by atoms with Crippen molar-refractivity contribution in [1.29, 1.82) is 0 Å². The Bertz CT molecular complexity index is 777. The summed E-state index contributed by atoms with van der Waals surface area (Å²) in [6.45, 7) is -0.203. The smallest absolute Gasteiger partial charge is 0.351 e. The van der Waals surface area contributed by atoms with Crippen molar-refractivity contribution >= 4 is 11.7 Å². The van der Waals surface area contributed by atoms with E-state index in [1.807, 2.05) is 6.07 Å². The van der Waals surface area contributed by atoms with Crippen molar-refractivity contribution in [1.82, 2.24) is 9.55 Å². The summed E-state index contributed by atoms with van der Waals surface area (Å²) >= 11 is 0. The first-order valence-corrected chi connectivity index (χ1v) is 7.56. The van der Waals surface area contributed by atoms with Gasteiger partial charge in [-0.25, -0.2) is 4.79 Å². The molecule has 1 saturated heterocycles. The Kier molecular flexibility index (Phi) is 4.70. The van der Waals surface area contributed by atoms with Crippen molar-refractivity contribution in [3.63, 3.8) is 0 Å². The van der Waals surface area contributed by atoms with Crippen molar-refractivity contribution in [3.8, 4) is 0 Å². The standard InChI is InChI=1S/C16H18N4O4/c17-11-8-14(24-12(11)9-21)20-7-6-13(19-16(20)23)18-15(22)10-4-2-1-3-5-10/h1-7,11-12,14,21H,8-9,17H2,(H,18,19,22,23)/t11-,12?,14-/m1/s1. The first kappa shape index (κ1) is 16.3. The number of aromatic nitrogens is 2. The highest BCUT2D eigenvalue weighted by Gasteiger charge is 2.33. The van der Waals surface area contributed by atoms with Crippen LogP contribution >= 0.6 is 0 Å². The number of carbonyl (C=O) groups is 1. The van der Waals surface area contributed by atoms with Crippen LogP contribution in [0.3, 0.4) is 0 Å². The minimum atomic E-state index is -0.573. The molecule has 0 aliphatic carbocycles. The third kappa shape index (κ3) is 3.35. The molecule has 126 valence electrons. The summed E-state index contributed by atoms with van der Waals surface area (Å²) in [6.07, 6.45) is 0.825. The minimum absolute atomic E-state index is 0.158. The number of nitrogens with two attached hydrogens (primary N) is 1. The van der Waals surface area contributed by atoms with Crippen LogP contribution in [-0.2, 0) is 4.74 Å². The molecule has 0 spiro atoms. The largest absolute Gasteiger partial charge is 0.394 e. The minimum Gasteiger partial charge on any atom is -0.394 e. The Balaban J connectivity index is 1.74. The van der Waals surface area contributed by atoms with Crippen LogP contribution in [0.5, 0.6) is 0 Å². The summed E-state index contributed by atoms with van der Waals surface area (Å²) in [7, 11) is 0. The fourth-order valence-electron chi connectivity index (χ4n) is 2.58. The molecule has 1 aromatic heterocycles. The zero-order valence-corrected chi connectivity index (χ0v) is 12.8. The quantitative estimate of drug-likeness (QED) is 0.731.